The van der Waals surface area contributed by atoms with E-state index >= 15 is 0 Å². The number of carbonyl (C=O) groups excluding carboxylic acids is 1. The zero-order valence-electron chi connectivity index (χ0n) is 9.27. The summed E-state index contributed by atoms with van der Waals surface area (Å²) in [5.41, 5.74) is 0.459. The van der Waals surface area contributed by atoms with Gasteiger partial charge in [-0.25, -0.2) is 4.98 Å². The van der Waals surface area contributed by atoms with Gasteiger partial charge in [-0.15, -0.1) is 11.3 Å². The van der Waals surface area contributed by atoms with Gasteiger partial charge in [0.05, 0.1) is 17.2 Å². The predicted molar refractivity (Wildman–Crippen MR) is 62.6 cm³/mol. The summed E-state index contributed by atoms with van der Waals surface area (Å²) in [5, 5.41) is 15.2. The SMILES string of the molecule is Cc1nc(C(=O)NC2CCCCC2O)cs1. The molecule has 2 N–H and O–H groups in total. The van der Waals surface area contributed by atoms with Crippen LogP contribution in [0.15, 0.2) is 5.38 Å². The van der Waals surface area contributed by atoms with Crippen molar-refractivity contribution in [3.05, 3.63) is 16.1 Å². The van der Waals surface area contributed by atoms with Gasteiger partial charge in [0.15, 0.2) is 0 Å². The van der Waals surface area contributed by atoms with Crippen LogP contribution in [0.2, 0.25) is 0 Å². The van der Waals surface area contributed by atoms with E-state index in [1.807, 2.05) is 6.92 Å². The largest absolute Gasteiger partial charge is 0.391 e. The number of aromatic nitrogens is 1. The summed E-state index contributed by atoms with van der Waals surface area (Å²) in [7, 11) is 0. The van der Waals surface area contributed by atoms with Crippen LogP contribution in [-0.2, 0) is 0 Å². The number of aliphatic hydroxyl groups is 1. The van der Waals surface area contributed by atoms with Gasteiger partial charge in [0.2, 0.25) is 0 Å². The quantitative estimate of drug-likeness (QED) is 0.823. The van der Waals surface area contributed by atoms with E-state index in [9.17, 15) is 9.90 Å². The first kappa shape index (κ1) is 11.5. The molecule has 4 nitrogen and oxygen atoms in total. The average Bonchev–Trinajstić information content (AvgIpc) is 2.68. The van der Waals surface area contributed by atoms with Crippen molar-refractivity contribution in [2.24, 2.45) is 0 Å². The number of aliphatic hydroxyl groups excluding tert-OH is 1. The molecule has 5 heteroatoms. The normalized spacial score (nSPS) is 25.4. The van der Waals surface area contributed by atoms with Crippen LogP contribution in [-0.4, -0.2) is 28.1 Å². The lowest BCUT2D eigenvalue weighted by atomic mass is 9.92. The molecule has 1 aliphatic rings. The lowest BCUT2D eigenvalue weighted by Crippen LogP contribution is -2.45. The minimum Gasteiger partial charge on any atom is -0.391 e. The summed E-state index contributed by atoms with van der Waals surface area (Å²) in [6.45, 7) is 1.87. The number of carbonyl (C=O) groups is 1. The minimum atomic E-state index is -0.405. The van der Waals surface area contributed by atoms with Gasteiger partial charge in [-0.05, 0) is 19.8 Å². The summed E-state index contributed by atoms with van der Waals surface area (Å²) < 4.78 is 0. The molecule has 1 heterocycles. The molecule has 2 rings (SSSR count). The van der Waals surface area contributed by atoms with E-state index in [1.54, 1.807) is 5.38 Å². The molecule has 0 aromatic carbocycles. The van der Waals surface area contributed by atoms with E-state index in [0.29, 0.717) is 5.69 Å². The van der Waals surface area contributed by atoms with Crippen molar-refractivity contribution in [3.63, 3.8) is 0 Å². The molecule has 0 bridgehead atoms. The molecule has 1 fully saturated rings. The monoisotopic (exact) mass is 240 g/mol. The molecule has 2 atom stereocenters. The summed E-state index contributed by atoms with van der Waals surface area (Å²) in [6.07, 6.45) is 3.34. The Hall–Kier alpha value is -0.940. The Bertz CT molecular complexity index is 378. The van der Waals surface area contributed by atoms with Gasteiger partial charge >= 0.3 is 0 Å². The highest BCUT2D eigenvalue weighted by atomic mass is 32.1. The summed E-state index contributed by atoms with van der Waals surface area (Å²) in [6, 6.07) is -0.108. The van der Waals surface area contributed by atoms with Crippen molar-refractivity contribution in [3.8, 4) is 0 Å². The van der Waals surface area contributed by atoms with Crippen LogP contribution in [0.25, 0.3) is 0 Å². The van der Waals surface area contributed by atoms with Gasteiger partial charge in [-0.2, -0.15) is 0 Å². The highest BCUT2D eigenvalue weighted by Crippen LogP contribution is 2.19. The topological polar surface area (TPSA) is 62.2 Å². The van der Waals surface area contributed by atoms with Crippen LogP contribution < -0.4 is 5.32 Å². The fourth-order valence-corrected chi connectivity index (χ4v) is 2.58. The van der Waals surface area contributed by atoms with Crippen molar-refractivity contribution in [1.82, 2.24) is 10.3 Å². The lowest BCUT2D eigenvalue weighted by Gasteiger charge is -2.27. The molecule has 1 saturated carbocycles. The van der Waals surface area contributed by atoms with E-state index in [2.05, 4.69) is 10.3 Å². The van der Waals surface area contributed by atoms with E-state index in [1.165, 1.54) is 11.3 Å². The Kier molecular flexibility index (Phi) is 3.56. The molecule has 0 radical (unpaired) electrons. The molecular weight excluding hydrogens is 224 g/mol. The van der Waals surface area contributed by atoms with Gasteiger partial charge in [0.1, 0.15) is 5.69 Å². The molecule has 0 aliphatic heterocycles. The predicted octanol–water partition coefficient (Wildman–Crippen LogP) is 1.48. The van der Waals surface area contributed by atoms with E-state index in [-0.39, 0.29) is 11.9 Å². The van der Waals surface area contributed by atoms with Crippen LogP contribution in [0.4, 0.5) is 0 Å². The molecule has 1 amide bonds. The van der Waals surface area contributed by atoms with Crippen LogP contribution in [0.1, 0.15) is 41.2 Å². The molecular formula is C11H16N2O2S. The fourth-order valence-electron chi connectivity index (χ4n) is 1.99. The van der Waals surface area contributed by atoms with Crippen molar-refractivity contribution in [2.75, 3.05) is 0 Å². The maximum Gasteiger partial charge on any atom is 0.271 e. The van der Waals surface area contributed by atoms with Gasteiger partial charge in [-0.1, -0.05) is 12.8 Å². The third kappa shape index (κ3) is 2.59. The first-order chi connectivity index (χ1) is 7.66. The summed E-state index contributed by atoms with van der Waals surface area (Å²) >= 11 is 1.46. The number of hydrogen-bond donors (Lipinski definition) is 2. The zero-order chi connectivity index (χ0) is 11.5. The molecule has 2 unspecified atom stereocenters. The van der Waals surface area contributed by atoms with Crippen molar-refractivity contribution in [1.29, 1.82) is 0 Å². The summed E-state index contributed by atoms with van der Waals surface area (Å²) in [5.74, 6) is -0.171. The number of aryl methyl sites for hydroxylation is 1. The number of hydrogen-bond acceptors (Lipinski definition) is 4. The van der Waals surface area contributed by atoms with Gasteiger partial charge in [-0.3, -0.25) is 4.79 Å². The Morgan fingerprint density at radius 1 is 1.56 bits per heavy atom. The molecule has 1 aromatic rings. The smallest absolute Gasteiger partial charge is 0.271 e. The number of amides is 1. The zero-order valence-corrected chi connectivity index (χ0v) is 10.1. The molecule has 88 valence electrons. The molecule has 0 spiro atoms. The molecule has 0 saturated heterocycles. The van der Waals surface area contributed by atoms with Crippen molar-refractivity contribution in [2.45, 2.75) is 44.8 Å². The number of nitrogens with one attached hydrogen (secondary N) is 1. The maximum absolute atomic E-state index is 11.8. The van der Waals surface area contributed by atoms with E-state index in [4.69, 9.17) is 0 Å². The Labute approximate surface area is 98.7 Å². The Morgan fingerprint density at radius 2 is 2.31 bits per heavy atom. The number of rotatable bonds is 2. The average molecular weight is 240 g/mol. The maximum atomic E-state index is 11.8. The van der Waals surface area contributed by atoms with E-state index < -0.39 is 6.10 Å². The second-order valence-electron chi connectivity index (χ2n) is 4.18. The van der Waals surface area contributed by atoms with Crippen LogP contribution >= 0.6 is 11.3 Å². The second-order valence-corrected chi connectivity index (χ2v) is 5.25. The lowest BCUT2D eigenvalue weighted by molar-refractivity contribution is 0.0714. The second kappa shape index (κ2) is 4.93. The number of thiazole rings is 1. The first-order valence-corrected chi connectivity index (χ1v) is 6.46. The van der Waals surface area contributed by atoms with E-state index in [0.717, 1.165) is 30.7 Å². The van der Waals surface area contributed by atoms with Crippen LogP contribution in [0, 0.1) is 6.92 Å². The highest BCUT2D eigenvalue weighted by Gasteiger charge is 2.25. The molecule has 1 aliphatic carbocycles. The fraction of sp³-hybridized carbons (Fsp3) is 0.636. The van der Waals surface area contributed by atoms with Crippen molar-refractivity contribution >= 4 is 17.2 Å². The van der Waals surface area contributed by atoms with Gasteiger partial charge < -0.3 is 10.4 Å². The third-order valence-electron chi connectivity index (χ3n) is 2.90. The first-order valence-electron chi connectivity index (χ1n) is 5.58. The highest BCUT2D eigenvalue weighted by molar-refractivity contribution is 7.09. The standard InChI is InChI=1S/C11H16N2O2S/c1-7-12-9(6-16-7)11(15)13-8-4-2-3-5-10(8)14/h6,8,10,14H,2-5H2,1H3,(H,13,15). The third-order valence-corrected chi connectivity index (χ3v) is 3.67. The van der Waals surface area contributed by atoms with Gasteiger partial charge in [0, 0.05) is 5.38 Å². The molecule has 16 heavy (non-hydrogen) atoms. The number of nitrogens with zero attached hydrogens (tertiary/aromatic N) is 1. The van der Waals surface area contributed by atoms with Crippen molar-refractivity contribution < 1.29 is 9.90 Å². The summed E-state index contributed by atoms with van der Waals surface area (Å²) in [4.78, 5) is 15.9. The van der Waals surface area contributed by atoms with Gasteiger partial charge in [0.25, 0.3) is 5.91 Å². The Morgan fingerprint density at radius 3 is 2.94 bits per heavy atom. The van der Waals surface area contributed by atoms with Crippen LogP contribution in [0.3, 0.4) is 0 Å². The Balaban J connectivity index is 1.96. The van der Waals surface area contributed by atoms with Crippen LogP contribution in [0.5, 0.6) is 0 Å². The minimum absolute atomic E-state index is 0.108. The molecule has 1 aromatic heterocycles.